The Kier molecular flexibility index (Phi) is 5.26. The second kappa shape index (κ2) is 6.95. The standard InChI is InChI=1S/C16H26N2O2/c1-4-20-15-6-5-14(17)9-13(15)10-18-8-7-12(2)16(11-18)19-3/h5-6,9,12,16H,4,7-8,10-11,17H2,1-3H3. The number of rotatable bonds is 5. The van der Waals surface area contributed by atoms with E-state index < -0.39 is 0 Å². The number of methoxy groups -OCH3 is 1. The van der Waals surface area contributed by atoms with E-state index in [1.807, 2.05) is 25.1 Å². The van der Waals surface area contributed by atoms with Gasteiger partial charge in [-0.3, -0.25) is 4.90 Å². The lowest BCUT2D eigenvalue weighted by Gasteiger charge is -2.36. The molecule has 4 nitrogen and oxygen atoms in total. The van der Waals surface area contributed by atoms with E-state index in [1.54, 1.807) is 7.11 Å². The fourth-order valence-electron chi connectivity index (χ4n) is 2.81. The maximum atomic E-state index is 5.91. The predicted molar refractivity (Wildman–Crippen MR) is 81.9 cm³/mol. The Morgan fingerprint density at radius 3 is 2.90 bits per heavy atom. The number of ether oxygens (including phenoxy) is 2. The van der Waals surface area contributed by atoms with Crippen LogP contribution in [0, 0.1) is 5.92 Å². The predicted octanol–water partition coefficient (Wildman–Crippen LogP) is 2.52. The number of hydrogen-bond donors (Lipinski definition) is 1. The number of nitrogens with two attached hydrogens (primary N) is 1. The van der Waals surface area contributed by atoms with Crippen molar-refractivity contribution in [3.05, 3.63) is 23.8 Å². The summed E-state index contributed by atoms with van der Waals surface area (Å²) in [5.74, 6) is 1.57. The van der Waals surface area contributed by atoms with Crippen molar-refractivity contribution in [1.82, 2.24) is 4.90 Å². The largest absolute Gasteiger partial charge is 0.494 e. The van der Waals surface area contributed by atoms with Crippen molar-refractivity contribution in [2.45, 2.75) is 32.9 Å². The number of likely N-dealkylation sites (tertiary alicyclic amines) is 1. The summed E-state index contributed by atoms with van der Waals surface area (Å²) in [4.78, 5) is 2.42. The zero-order valence-corrected chi connectivity index (χ0v) is 12.8. The molecule has 0 amide bonds. The highest BCUT2D eigenvalue weighted by Crippen LogP contribution is 2.26. The Morgan fingerprint density at radius 2 is 2.20 bits per heavy atom. The minimum Gasteiger partial charge on any atom is -0.494 e. The molecule has 1 aliphatic rings. The van der Waals surface area contributed by atoms with Crippen LogP contribution >= 0.6 is 0 Å². The molecule has 1 saturated heterocycles. The molecule has 1 aromatic carbocycles. The van der Waals surface area contributed by atoms with Crippen LogP contribution in [0.4, 0.5) is 5.69 Å². The molecule has 0 saturated carbocycles. The van der Waals surface area contributed by atoms with Crippen LogP contribution < -0.4 is 10.5 Å². The van der Waals surface area contributed by atoms with Gasteiger partial charge in [0.1, 0.15) is 5.75 Å². The van der Waals surface area contributed by atoms with E-state index in [2.05, 4.69) is 11.8 Å². The summed E-state index contributed by atoms with van der Waals surface area (Å²) in [6.45, 7) is 7.88. The molecule has 0 aliphatic carbocycles. The number of anilines is 1. The molecule has 1 aliphatic heterocycles. The normalized spacial score (nSPS) is 23.8. The maximum Gasteiger partial charge on any atom is 0.123 e. The van der Waals surface area contributed by atoms with Gasteiger partial charge < -0.3 is 15.2 Å². The highest BCUT2D eigenvalue weighted by atomic mass is 16.5. The summed E-state index contributed by atoms with van der Waals surface area (Å²) in [5.41, 5.74) is 7.86. The van der Waals surface area contributed by atoms with Gasteiger partial charge in [0.2, 0.25) is 0 Å². The van der Waals surface area contributed by atoms with Gasteiger partial charge in [-0.2, -0.15) is 0 Å². The first kappa shape index (κ1) is 15.1. The number of nitrogens with zero attached hydrogens (tertiary/aromatic N) is 1. The van der Waals surface area contributed by atoms with Crippen molar-refractivity contribution in [3.8, 4) is 5.75 Å². The molecular formula is C16H26N2O2. The lowest BCUT2D eigenvalue weighted by molar-refractivity contribution is -0.00764. The van der Waals surface area contributed by atoms with Crippen molar-refractivity contribution < 1.29 is 9.47 Å². The molecule has 1 aromatic rings. The summed E-state index contributed by atoms with van der Waals surface area (Å²) < 4.78 is 11.3. The van der Waals surface area contributed by atoms with Gasteiger partial charge in [0.15, 0.2) is 0 Å². The monoisotopic (exact) mass is 278 g/mol. The Balaban J connectivity index is 2.07. The second-order valence-electron chi connectivity index (χ2n) is 5.58. The summed E-state index contributed by atoms with van der Waals surface area (Å²) >= 11 is 0. The van der Waals surface area contributed by atoms with Crippen LogP contribution in [0.3, 0.4) is 0 Å². The molecule has 2 rings (SSSR count). The minimum absolute atomic E-state index is 0.320. The van der Waals surface area contributed by atoms with Crippen LogP contribution in [-0.4, -0.2) is 37.8 Å². The van der Waals surface area contributed by atoms with Gasteiger partial charge in [0, 0.05) is 31.5 Å². The van der Waals surface area contributed by atoms with Crippen molar-refractivity contribution in [2.24, 2.45) is 5.92 Å². The van der Waals surface area contributed by atoms with Crippen LogP contribution in [0.5, 0.6) is 5.75 Å². The highest BCUT2D eigenvalue weighted by Gasteiger charge is 2.26. The number of piperidine rings is 1. The first-order chi connectivity index (χ1) is 9.63. The van der Waals surface area contributed by atoms with Crippen molar-refractivity contribution in [3.63, 3.8) is 0 Å². The lowest BCUT2D eigenvalue weighted by Crippen LogP contribution is -2.43. The van der Waals surface area contributed by atoms with Crippen molar-refractivity contribution in [2.75, 3.05) is 32.5 Å². The molecule has 0 bridgehead atoms. The van der Waals surface area contributed by atoms with E-state index in [-0.39, 0.29) is 0 Å². The molecule has 1 heterocycles. The molecule has 2 N–H and O–H groups in total. The maximum absolute atomic E-state index is 5.91. The molecule has 4 heteroatoms. The average Bonchev–Trinajstić information content (AvgIpc) is 2.44. The Morgan fingerprint density at radius 1 is 1.40 bits per heavy atom. The average molecular weight is 278 g/mol. The van der Waals surface area contributed by atoms with Crippen LogP contribution in [0.2, 0.25) is 0 Å². The Labute approximate surface area is 121 Å². The zero-order chi connectivity index (χ0) is 14.5. The highest BCUT2D eigenvalue weighted by molar-refractivity contribution is 5.47. The van der Waals surface area contributed by atoms with Gasteiger partial charge in [-0.1, -0.05) is 6.92 Å². The van der Waals surface area contributed by atoms with Crippen LogP contribution in [0.25, 0.3) is 0 Å². The third-order valence-electron chi connectivity index (χ3n) is 4.05. The van der Waals surface area contributed by atoms with E-state index in [0.29, 0.717) is 18.6 Å². The van der Waals surface area contributed by atoms with Gasteiger partial charge in [-0.05, 0) is 44.0 Å². The fraction of sp³-hybridized carbons (Fsp3) is 0.625. The summed E-state index contributed by atoms with van der Waals surface area (Å²) in [6.07, 6.45) is 1.49. The molecule has 20 heavy (non-hydrogen) atoms. The van der Waals surface area contributed by atoms with Gasteiger partial charge in [0.25, 0.3) is 0 Å². The van der Waals surface area contributed by atoms with Gasteiger partial charge in [-0.25, -0.2) is 0 Å². The Hall–Kier alpha value is -1.26. The summed E-state index contributed by atoms with van der Waals surface area (Å²) in [5, 5.41) is 0. The first-order valence-electron chi connectivity index (χ1n) is 7.40. The second-order valence-corrected chi connectivity index (χ2v) is 5.58. The number of hydrogen-bond acceptors (Lipinski definition) is 4. The number of benzene rings is 1. The van der Waals surface area contributed by atoms with Crippen molar-refractivity contribution >= 4 is 5.69 Å². The lowest BCUT2D eigenvalue weighted by atomic mass is 9.95. The van der Waals surface area contributed by atoms with Crippen LogP contribution in [0.15, 0.2) is 18.2 Å². The van der Waals surface area contributed by atoms with E-state index in [4.69, 9.17) is 15.2 Å². The molecular weight excluding hydrogens is 252 g/mol. The number of nitrogen functional groups attached to an aromatic ring is 1. The van der Waals surface area contributed by atoms with Crippen molar-refractivity contribution in [1.29, 1.82) is 0 Å². The smallest absolute Gasteiger partial charge is 0.123 e. The molecule has 1 fully saturated rings. The molecule has 0 spiro atoms. The molecule has 0 radical (unpaired) electrons. The van der Waals surface area contributed by atoms with E-state index >= 15 is 0 Å². The third kappa shape index (κ3) is 3.64. The fourth-order valence-corrected chi connectivity index (χ4v) is 2.81. The molecule has 2 unspecified atom stereocenters. The van der Waals surface area contributed by atoms with Gasteiger partial charge in [0.05, 0.1) is 12.7 Å². The quantitative estimate of drug-likeness (QED) is 0.841. The van der Waals surface area contributed by atoms with Gasteiger partial charge in [-0.15, -0.1) is 0 Å². The topological polar surface area (TPSA) is 47.7 Å². The Bertz CT molecular complexity index is 436. The minimum atomic E-state index is 0.320. The SMILES string of the molecule is CCOc1ccc(N)cc1CN1CCC(C)C(OC)C1. The summed E-state index contributed by atoms with van der Waals surface area (Å²) in [6, 6.07) is 5.88. The van der Waals surface area contributed by atoms with Crippen LogP contribution in [0.1, 0.15) is 25.8 Å². The molecule has 112 valence electrons. The van der Waals surface area contributed by atoms with Gasteiger partial charge >= 0.3 is 0 Å². The zero-order valence-electron chi connectivity index (χ0n) is 12.8. The van der Waals surface area contributed by atoms with E-state index in [9.17, 15) is 0 Å². The third-order valence-corrected chi connectivity index (χ3v) is 4.05. The van der Waals surface area contributed by atoms with E-state index in [0.717, 1.165) is 36.6 Å². The molecule has 0 aromatic heterocycles. The molecule has 2 atom stereocenters. The summed E-state index contributed by atoms with van der Waals surface area (Å²) in [7, 11) is 1.80. The van der Waals surface area contributed by atoms with E-state index in [1.165, 1.54) is 6.42 Å². The van der Waals surface area contributed by atoms with Crippen LogP contribution in [-0.2, 0) is 11.3 Å². The first-order valence-corrected chi connectivity index (χ1v) is 7.40.